The van der Waals surface area contributed by atoms with Gasteiger partial charge in [-0.25, -0.2) is 0 Å². The summed E-state index contributed by atoms with van der Waals surface area (Å²) < 4.78 is 22.2. The van der Waals surface area contributed by atoms with Crippen LogP contribution in [0.3, 0.4) is 0 Å². The van der Waals surface area contributed by atoms with Gasteiger partial charge in [0.2, 0.25) is 12.5 Å². The van der Waals surface area contributed by atoms with Crippen molar-refractivity contribution in [3.8, 4) is 23.0 Å². The van der Waals surface area contributed by atoms with Crippen LogP contribution in [0.15, 0.2) is 35.5 Å². The van der Waals surface area contributed by atoms with Crippen LogP contribution in [0.5, 0.6) is 23.0 Å². The van der Waals surface area contributed by atoms with Crippen molar-refractivity contribution in [1.29, 1.82) is 0 Å². The van der Waals surface area contributed by atoms with E-state index in [0.717, 1.165) is 35.6 Å². The maximum atomic E-state index is 9.71. The Morgan fingerprint density at radius 1 is 1.21 bits per heavy atom. The molecule has 4 rings (SSSR count). The first-order valence-electron chi connectivity index (χ1n) is 9.21. The zero-order valence-electron chi connectivity index (χ0n) is 16.3. The number of methoxy groups -OCH3 is 2. The van der Waals surface area contributed by atoms with Gasteiger partial charge >= 0.3 is 0 Å². The zero-order chi connectivity index (χ0) is 19.7. The van der Waals surface area contributed by atoms with E-state index in [2.05, 4.69) is 17.1 Å². The Bertz CT molecular complexity index is 895. The number of ether oxygens (including phenoxy) is 4. The van der Waals surface area contributed by atoms with Gasteiger partial charge in [-0.2, -0.15) is 0 Å². The largest absolute Gasteiger partial charge is 0.497 e. The smallest absolute Gasteiger partial charge is 0.231 e. The molecule has 0 bridgehead atoms. The molecule has 2 aliphatic heterocycles. The molecule has 0 radical (unpaired) electrons. The highest BCUT2D eigenvalue weighted by Crippen LogP contribution is 2.50. The van der Waals surface area contributed by atoms with Crippen LogP contribution in [0.2, 0.25) is 0 Å². The Balaban J connectivity index is 1.72. The molecule has 7 heteroatoms. The second kappa shape index (κ2) is 7.59. The van der Waals surface area contributed by atoms with Gasteiger partial charge in [0, 0.05) is 24.6 Å². The first-order chi connectivity index (χ1) is 13.7. The maximum Gasteiger partial charge on any atom is 0.231 e. The van der Waals surface area contributed by atoms with E-state index in [1.54, 1.807) is 14.2 Å². The van der Waals surface area contributed by atoms with E-state index in [1.807, 2.05) is 30.3 Å². The summed E-state index contributed by atoms with van der Waals surface area (Å²) in [4.78, 5) is 2.25. The lowest BCUT2D eigenvalue weighted by molar-refractivity contribution is 0.170. The molecule has 0 aromatic heterocycles. The van der Waals surface area contributed by atoms with Crippen LogP contribution in [0, 0.1) is 0 Å². The number of nitrogens with zero attached hydrogens (tertiary/aromatic N) is 2. The number of hydrogen-bond acceptors (Lipinski definition) is 7. The molecule has 1 N–H and O–H groups in total. The first-order valence-corrected chi connectivity index (χ1v) is 9.21. The monoisotopic (exact) mass is 384 g/mol. The van der Waals surface area contributed by atoms with Crippen molar-refractivity contribution >= 4 is 5.71 Å². The molecule has 1 atom stereocenters. The molecule has 2 aromatic rings. The normalized spacial score (nSPS) is 18.7. The molecule has 148 valence electrons. The molecule has 2 aromatic carbocycles. The summed E-state index contributed by atoms with van der Waals surface area (Å²) in [5.41, 5.74) is 3.70. The highest BCUT2D eigenvalue weighted by atomic mass is 16.7. The number of likely N-dealkylation sites (N-methyl/N-ethyl adjacent to an activating group) is 1. The number of benzene rings is 2. The Kier molecular flexibility index (Phi) is 5.00. The predicted octanol–water partition coefficient (Wildman–Crippen LogP) is 3.23. The van der Waals surface area contributed by atoms with Crippen LogP contribution >= 0.6 is 0 Å². The highest BCUT2D eigenvalue weighted by Gasteiger charge is 2.34. The van der Waals surface area contributed by atoms with E-state index >= 15 is 0 Å². The maximum absolute atomic E-state index is 9.71. The van der Waals surface area contributed by atoms with E-state index < -0.39 is 0 Å². The van der Waals surface area contributed by atoms with Crippen LogP contribution in [0.25, 0.3) is 0 Å². The van der Waals surface area contributed by atoms with Crippen LogP contribution in [-0.4, -0.2) is 50.4 Å². The van der Waals surface area contributed by atoms with Crippen LogP contribution in [-0.2, 0) is 6.42 Å². The Morgan fingerprint density at radius 3 is 2.68 bits per heavy atom. The van der Waals surface area contributed by atoms with Crippen molar-refractivity contribution in [3.05, 3.63) is 47.0 Å². The summed E-state index contributed by atoms with van der Waals surface area (Å²) in [6.45, 7) is 1.09. The summed E-state index contributed by atoms with van der Waals surface area (Å²) in [6.07, 6.45) is 1.42. The van der Waals surface area contributed by atoms with Gasteiger partial charge in [0.15, 0.2) is 11.5 Å². The number of rotatable bonds is 5. The highest BCUT2D eigenvalue weighted by molar-refractivity contribution is 6.00. The van der Waals surface area contributed by atoms with E-state index in [1.165, 1.54) is 5.56 Å². The molecule has 0 saturated heterocycles. The lowest BCUT2D eigenvalue weighted by Crippen LogP contribution is -2.34. The Hall–Kier alpha value is -2.93. The molecule has 0 amide bonds. The third-order valence-corrected chi connectivity index (χ3v) is 5.48. The number of hydrogen-bond donors (Lipinski definition) is 1. The van der Waals surface area contributed by atoms with Gasteiger partial charge in [0.05, 0.1) is 19.9 Å². The topological polar surface area (TPSA) is 72.8 Å². The summed E-state index contributed by atoms with van der Waals surface area (Å²) in [5.74, 6) is 2.84. The molecule has 2 aliphatic rings. The zero-order valence-corrected chi connectivity index (χ0v) is 16.3. The van der Waals surface area contributed by atoms with Gasteiger partial charge in [-0.15, -0.1) is 0 Å². The molecule has 0 spiro atoms. The fourth-order valence-electron chi connectivity index (χ4n) is 3.97. The number of fused-ring (bicyclic) bond motifs is 2. The lowest BCUT2D eigenvalue weighted by atomic mass is 9.87. The summed E-state index contributed by atoms with van der Waals surface area (Å²) >= 11 is 0. The molecule has 1 unspecified atom stereocenters. The third-order valence-electron chi connectivity index (χ3n) is 5.48. The van der Waals surface area contributed by atoms with Gasteiger partial charge in [-0.1, -0.05) is 5.16 Å². The van der Waals surface area contributed by atoms with Crippen LogP contribution in [0.1, 0.15) is 29.2 Å². The van der Waals surface area contributed by atoms with Gasteiger partial charge in [-0.3, -0.25) is 4.90 Å². The van der Waals surface area contributed by atoms with Crippen LogP contribution in [0.4, 0.5) is 0 Å². The van der Waals surface area contributed by atoms with E-state index in [-0.39, 0.29) is 12.8 Å². The molecular formula is C21H24N2O5. The Morgan fingerprint density at radius 2 is 2.00 bits per heavy atom. The molecule has 2 heterocycles. The van der Waals surface area contributed by atoms with Gasteiger partial charge in [0.25, 0.3) is 0 Å². The lowest BCUT2D eigenvalue weighted by Gasteiger charge is -2.36. The first kappa shape index (κ1) is 18.4. The van der Waals surface area contributed by atoms with Crippen molar-refractivity contribution in [2.75, 3.05) is 34.6 Å². The summed E-state index contributed by atoms with van der Waals surface area (Å²) in [5, 5.41) is 13.3. The molecule has 0 aliphatic carbocycles. The van der Waals surface area contributed by atoms with E-state index in [0.29, 0.717) is 23.6 Å². The predicted molar refractivity (Wildman–Crippen MR) is 104 cm³/mol. The van der Waals surface area contributed by atoms with Crippen molar-refractivity contribution in [2.45, 2.75) is 18.9 Å². The molecule has 28 heavy (non-hydrogen) atoms. The van der Waals surface area contributed by atoms with Crippen molar-refractivity contribution in [2.24, 2.45) is 5.16 Å². The average Bonchev–Trinajstić information content (AvgIpc) is 3.20. The number of oxime groups is 1. The minimum atomic E-state index is -0.0128. The second-order valence-electron chi connectivity index (χ2n) is 6.94. The molecule has 7 nitrogen and oxygen atoms in total. The SMILES string of the molecule is COc1ccc(/C(CC2c3c(cc4c(c3OC)OCO4)CCN2C)=N\O)cc1. The second-order valence-corrected chi connectivity index (χ2v) is 6.94. The van der Waals surface area contributed by atoms with Crippen LogP contribution < -0.4 is 18.9 Å². The van der Waals surface area contributed by atoms with Crippen molar-refractivity contribution in [3.63, 3.8) is 0 Å². The van der Waals surface area contributed by atoms with E-state index in [4.69, 9.17) is 18.9 Å². The fraction of sp³-hybridized carbons (Fsp3) is 0.381. The van der Waals surface area contributed by atoms with Gasteiger partial charge in [0.1, 0.15) is 5.75 Å². The quantitative estimate of drug-likeness (QED) is 0.485. The summed E-state index contributed by atoms with van der Waals surface area (Å²) in [7, 11) is 5.34. The minimum Gasteiger partial charge on any atom is -0.497 e. The van der Waals surface area contributed by atoms with Crippen molar-refractivity contribution in [1.82, 2.24) is 4.90 Å². The van der Waals surface area contributed by atoms with E-state index in [9.17, 15) is 5.21 Å². The average molecular weight is 384 g/mol. The van der Waals surface area contributed by atoms with Gasteiger partial charge < -0.3 is 24.2 Å². The van der Waals surface area contributed by atoms with Gasteiger partial charge in [-0.05, 0) is 54.9 Å². The standard InChI is InChI=1S/C21H24N2O5/c1-23-9-8-14-10-18-20(28-12-27-18)21(26-3)19(14)17(23)11-16(22-24)13-4-6-15(25-2)7-5-13/h4-7,10,17,24H,8-9,11-12H2,1-3H3/b22-16-. The molecular weight excluding hydrogens is 360 g/mol. The molecule has 0 fully saturated rings. The molecule has 0 saturated carbocycles. The Labute approximate surface area is 164 Å². The third kappa shape index (κ3) is 3.11. The minimum absolute atomic E-state index is 0.0128. The summed E-state index contributed by atoms with van der Waals surface area (Å²) in [6, 6.07) is 9.54. The fourth-order valence-corrected chi connectivity index (χ4v) is 3.97. The van der Waals surface area contributed by atoms with Crippen molar-refractivity contribution < 1.29 is 24.2 Å².